The van der Waals surface area contributed by atoms with Gasteiger partial charge in [0.1, 0.15) is 0 Å². The molecule has 1 aliphatic heterocycles. The van der Waals surface area contributed by atoms with E-state index in [2.05, 4.69) is 27.4 Å². The summed E-state index contributed by atoms with van der Waals surface area (Å²) in [6.07, 6.45) is -2.19. The van der Waals surface area contributed by atoms with Crippen LogP contribution < -0.4 is 10.6 Å². The normalized spacial score (nSPS) is 17.6. The van der Waals surface area contributed by atoms with Crippen LogP contribution in [0.3, 0.4) is 0 Å². The first kappa shape index (κ1) is 21.5. The van der Waals surface area contributed by atoms with E-state index in [0.29, 0.717) is 25.7 Å². The van der Waals surface area contributed by atoms with Gasteiger partial charge in [-0.05, 0) is 24.1 Å². The lowest BCUT2D eigenvalue weighted by Crippen LogP contribution is -2.46. The molecule has 0 aromatic heterocycles. The Bertz CT molecular complexity index is 584. The van der Waals surface area contributed by atoms with Crippen molar-refractivity contribution in [1.82, 2.24) is 15.5 Å². The van der Waals surface area contributed by atoms with Gasteiger partial charge in [-0.2, -0.15) is 13.2 Å². The number of hydrogen-bond donors (Lipinski definition) is 2. The number of nitrogens with zero attached hydrogens (tertiary/aromatic N) is 2. The van der Waals surface area contributed by atoms with Gasteiger partial charge in [0.05, 0.1) is 24.8 Å². The van der Waals surface area contributed by atoms with Gasteiger partial charge >= 0.3 is 6.18 Å². The molecule has 1 aromatic rings. The number of nitrogens with one attached hydrogen (secondary N) is 2. The molecule has 1 fully saturated rings. The summed E-state index contributed by atoms with van der Waals surface area (Å²) < 4.78 is 44.0. The molecule has 2 rings (SSSR count). The summed E-state index contributed by atoms with van der Waals surface area (Å²) in [7, 11) is 1.71. The number of unbranched alkanes of at least 4 members (excludes halogenated alkanes) is 1. The van der Waals surface area contributed by atoms with E-state index in [9.17, 15) is 13.2 Å². The van der Waals surface area contributed by atoms with E-state index in [-0.39, 0.29) is 6.04 Å². The average molecular weight is 386 g/mol. The van der Waals surface area contributed by atoms with Crippen LogP contribution in [0.25, 0.3) is 0 Å². The van der Waals surface area contributed by atoms with Crippen molar-refractivity contribution in [2.45, 2.75) is 32.0 Å². The lowest BCUT2D eigenvalue weighted by atomic mass is 10.0. The van der Waals surface area contributed by atoms with Crippen molar-refractivity contribution in [3.63, 3.8) is 0 Å². The highest BCUT2D eigenvalue weighted by molar-refractivity contribution is 5.79. The van der Waals surface area contributed by atoms with Crippen molar-refractivity contribution in [2.75, 3.05) is 46.4 Å². The number of guanidine groups is 1. The lowest BCUT2D eigenvalue weighted by molar-refractivity contribution is -0.137. The first-order chi connectivity index (χ1) is 13.0. The van der Waals surface area contributed by atoms with Crippen LogP contribution in [0.4, 0.5) is 13.2 Å². The Morgan fingerprint density at radius 3 is 2.41 bits per heavy atom. The minimum absolute atomic E-state index is 0.0547. The Labute approximate surface area is 159 Å². The molecule has 1 unspecified atom stereocenters. The number of morpholine rings is 1. The van der Waals surface area contributed by atoms with Crippen LogP contribution in [0, 0.1) is 0 Å². The molecular weight excluding hydrogens is 357 g/mol. The van der Waals surface area contributed by atoms with Crippen molar-refractivity contribution in [3.05, 3.63) is 35.4 Å². The molecule has 1 aromatic carbocycles. The van der Waals surface area contributed by atoms with Gasteiger partial charge in [-0.15, -0.1) is 0 Å². The topological polar surface area (TPSA) is 48.9 Å². The average Bonchev–Trinajstić information content (AvgIpc) is 2.67. The summed E-state index contributed by atoms with van der Waals surface area (Å²) >= 11 is 0. The molecule has 5 nitrogen and oxygen atoms in total. The molecule has 152 valence electrons. The van der Waals surface area contributed by atoms with Crippen molar-refractivity contribution in [3.8, 4) is 0 Å². The first-order valence-corrected chi connectivity index (χ1v) is 9.39. The standard InChI is InChI=1S/C19H29F3N4O/c1-3-4-9-24-18(23-2)25-14-17(26-10-12-27-13-11-26)15-5-7-16(8-6-15)19(20,21)22/h5-8,17H,3-4,9-14H2,1-2H3,(H2,23,24,25). The minimum Gasteiger partial charge on any atom is -0.379 e. The lowest BCUT2D eigenvalue weighted by Gasteiger charge is -2.35. The zero-order valence-corrected chi connectivity index (χ0v) is 16.0. The third kappa shape index (κ3) is 6.70. The summed E-state index contributed by atoms with van der Waals surface area (Å²) in [5, 5.41) is 6.56. The van der Waals surface area contributed by atoms with Gasteiger partial charge < -0.3 is 15.4 Å². The van der Waals surface area contributed by atoms with E-state index >= 15 is 0 Å². The Balaban J connectivity index is 2.09. The number of ether oxygens (including phenoxy) is 1. The van der Waals surface area contributed by atoms with Crippen LogP contribution in [0.1, 0.15) is 36.9 Å². The van der Waals surface area contributed by atoms with Crippen molar-refractivity contribution < 1.29 is 17.9 Å². The number of hydrogen-bond acceptors (Lipinski definition) is 3. The molecule has 0 aliphatic carbocycles. The molecule has 0 bridgehead atoms. The van der Waals surface area contributed by atoms with Crippen LogP contribution in [0.15, 0.2) is 29.3 Å². The second kappa shape index (κ2) is 10.5. The van der Waals surface area contributed by atoms with Gasteiger partial charge in [-0.1, -0.05) is 25.5 Å². The fraction of sp³-hybridized carbons (Fsp3) is 0.632. The predicted octanol–water partition coefficient (Wildman–Crippen LogP) is 3.04. The van der Waals surface area contributed by atoms with E-state index in [1.54, 1.807) is 19.2 Å². The summed E-state index contributed by atoms with van der Waals surface area (Å²) in [5.41, 5.74) is 0.221. The van der Waals surface area contributed by atoms with Gasteiger partial charge in [0.15, 0.2) is 5.96 Å². The maximum absolute atomic E-state index is 12.9. The zero-order chi connectivity index (χ0) is 19.7. The second-order valence-electron chi connectivity index (χ2n) is 6.52. The summed E-state index contributed by atoms with van der Waals surface area (Å²) in [6.45, 7) is 6.25. The number of halogens is 3. The monoisotopic (exact) mass is 386 g/mol. The van der Waals surface area contributed by atoms with Gasteiger partial charge in [0, 0.05) is 33.2 Å². The Hall–Kier alpha value is -1.80. The molecule has 1 atom stereocenters. The first-order valence-electron chi connectivity index (χ1n) is 9.39. The van der Waals surface area contributed by atoms with Crippen LogP contribution in [0.2, 0.25) is 0 Å². The molecule has 0 saturated carbocycles. The number of rotatable bonds is 7. The molecular formula is C19H29F3N4O. The smallest absolute Gasteiger partial charge is 0.379 e. The number of benzene rings is 1. The van der Waals surface area contributed by atoms with E-state index in [4.69, 9.17) is 4.74 Å². The van der Waals surface area contributed by atoms with Gasteiger partial charge in [0.2, 0.25) is 0 Å². The fourth-order valence-electron chi connectivity index (χ4n) is 3.04. The van der Waals surface area contributed by atoms with Crippen LogP contribution in [-0.4, -0.2) is 57.3 Å². The van der Waals surface area contributed by atoms with Crippen molar-refractivity contribution >= 4 is 5.96 Å². The second-order valence-corrected chi connectivity index (χ2v) is 6.52. The Morgan fingerprint density at radius 2 is 1.85 bits per heavy atom. The molecule has 0 radical (unpaired) electrons. The quantitative estimate of drug-likeness (QED) is 0.430. The molecule has 1 heterocycles. The SMILES string of the molecule is CCCCNC(=NC)NCC(c1ccc(C(F)(F)F)cc1)N1CCOCC1. The maximum atomic E-state index is 12.9. The predicted molar refractivity (Wildman–Crippen MR) is 101 cm³/mol. The summed E-state index contributed by atoms with van der Waals surface area (Å²) in [5.74, 6) is 0.702. The largest absolute Gasteiger partial charge is 0.416 e. The molecule has 2 N–H and O–H groups in total. The Kier molecular flexibility index (Phi) is 8.37. The van der Waals surface area contributed by atoms with Gasteiger partial charge in [-0.25, -0.2) is 0 Å². The van der Waals surface area contributed by atoms with Crippen LogP contribution in [0.5, 0.6) is 0 Å². The molecule has 1 aliphatic rings. The number of alkyl halides is 3. The van der Waals surface area contributed by atoms with E-state index < -0.39 is 11.7 Å². The van der Waals surface area contributed by atoms with Crippen molar-refractivity contribution in [2.24, 2.45) is 4.99 Å². The highest BCUT2D eigenvalue weighted by Crippen LogP contribution is 2.31. The van der Waals surface area contributed by atoms with Gasteiger partial charge in [0.25, 0.3) is 0 Å². The highest BCUT2D eigenvalue weighted by Gasteiger charge is 2.31. The summed E-state index contributed by atoms with van der Waals surface area (Å²) in [4.78, 5) is 6.45. The molecule has 0 spiro atoms. The minimum atomic E-state index is -4.32. The molecule has 8 heteroatoms. The highest BCUT2D eigenvalue weighted by atomic mass is 19.4. The van der Waals surface area contributed by atoms with Crippen LogP contribution in [-0.2, 0) is 10.9 Å². The zero-order valence-electron chi connectivity index (χ0n) is 16.0. The summed E-state index contributed by atoms with van der Waals surface area (Å²) in [6, 6.07) is 5.38. The maximum Gasteiger partial charge on any atom is 0.416 e. The Morgan fingerprint density at radius 1 is 1.19 bits per heavy atom. The molecule has 1 saturated heterocycles. The molecule has 27 heavy (non-hydrogen) atoms. The van der Waals surface area contributed by atoms with Gasteiger partial charge in [-0.3, -0.25) is 9.89 Å². The van der Waals surface area contributed by atoms with Crippen LogP contribution >= 0.6 is 0 Å². The van der Waals surface area contributed by atoms with E-state index in [1.807, 2.05) is 0 Å². The number of aliphatic imine (C=N–C) groups is 1. The molecule has 0 amide bonds. The van der Waals surface area contributed by atoms with Crippen molar-refractivity contribution in [1.29, 1.82) is 0 Å². The third-order valence-corrected chi connectivity index (χ3v) is 4.62. The third-order valence-electron chi connectivity index (χ3n) is 4.62. The van der Waals surface area contributed by atoms with E-state index in [1.165, 1.54) is 0 Å². The fourth-order valence-corrected chi connectivity index (χ4v) is 3.04. The van der Waals surface area contributed by atoms with E-state index in [0.717, 1.165) is 50.2 Å².